The average molecular weight is 271 g/mol. The molecule has 0 saturated carbocycles. The summed E-state index contributed by atoms with van der Waals surface area (Å²) in [5.41, 5.74) is 0.673. The van der Waals surface area contributed by atoms with E-state index in [0.717, 1.165) is 0 Å². The van der Waals surface area contributed by atoms with Crippen LogP contribution in [0.25, 0.3) is 0 Å². The lowest BCUT2D eigenvalue weighted by Gasteiger charge is -2.02. The normalized spacial score (nSPS) is 9.89. The predicted molar refractivity (Wildman–Crippen MR) is 69.6 cm³/mol. The third kappa shape index (κ3) is 5.13. The molecule has 1 aromatic rings. The number of carbonyl (C=O) groups is 2. The van der Waals surface area contributed by atoms with Gasteiger partial charge in [0.25, 0.3) is 0 Å². The van der Waals surface area contributed by atoms with Crippen LogP contribution in [0.15, 0.2) is 5.38 Å². The zero-order chi connectivity index (χ0) is 13.4. The Morgan fingerprint density at radius 2 is 2.28 bits per heavy atom. The summed E-state index contributed by atoms with van der Waals surface area (Å²) in [6.45, 7) is 3.04. The van der Waals surface area contributed by atoms with Crippen molar-refractivity contribution in [2.75, 3.05) is 25.5 Å². The van der Waals surface area contributed by atoms with E-state index >= 15 is 0 Å². The van der Waals surface area contributed by atoms with Crippen LogP contribution < -0.4 is 10.6 Å². The van der Waals surface area contributed by atoms with Crippen LogP contribution in [0, 0.1) is 0 Å². The van der Waals surface area contributed by atoms with Crippen molar-refractivity contribution in [3.05, 3.63) is 11.1 Å². The van der Waals surface area contributed by atoms with Gasteiger partial charge in [0.05, 0.1) is 19.2 Å². The minimum absolute atomic E-state index is 0.0105. The second-order valence-electron chi connectivity index (χ2n) is 3.53. The molecule has 1 aromatic heterocycles. The van der Waals surface area contributed by atoms with E-state index in [4.69, 9.17) is 0 Å². The van der Waals surface area contributed by atoms with Gasteiger partial charge in [0, 0.05) is 24.9 Å². The van der Waals surface area contributed by atoms with Crippen LogP contribution in [-0.4, -0.2) is 37.1 Å². The number of nitrogens with one attached hydrogen (secondary N) is 2. The highest BCUT2D eigenvalue weighted by Crippen LogP contribution is 2.15. The van der Waals surface area contributed by atoms with Gasteiger partial charge in [-0.1, -0.05) is 0 Å². The number of nitrogens with zero attached hydrogens (tertiary/aromatic N) is 1. The molecule has 6 nitrogen and oxygen atoms in total. The van der Waals surface area contributed by atoms with Crippen molar-refractivity contribution in [1.82, 2.24) is 10.3 Å². The Balaban J connectivity index is 2.31. The first-order chi connectivity index (χ1) is 8.65. The average Bonchev–Trinajstić information content (AvgIpc) is 2.77. The number of hydrogen-bond acceptors (Lipinski definition) is 6. The number of methoxy groups -OCH3 is 1. The molecule has 7 heteroatoms. The van der Waals surface area contributed by atoms with Crippen molar-refractivity contribution < 1.29 is 14.3 Å². The number of hydrogen-bond donors (Lipinski definition) is 2. The molecule has 0 aromatic carbocycles. The van der Waals surface area contributed by atoms with Gasteiger partial charge < -0.3 is 15.4 Å². The number of ether oxygens (including phenoxy) is 1. The molecule has 2 N–H and O–H groups in total. The maximum atomic E-state index is 11.2. The van der Waals surface area contributed by atoms with E-state index in [0.29, 0.717) is 30.3 Å². The Bertz CT molecular complexity index is 406. The van der Waals surface area contributed by atoms with Crippen LogP contribution in [0.3, 0.4) is 0 Å². The number of amides is 1. The summed E-state index contributed by atoms with van der Waals surface area (Å²) < 4.78 is 4.56. The molecule has 18 heavy (non-hydrogen) atoms. The molecular weight excluding hydrogens is 254 g/mol. The van der Waals surface area contributed by atoms with Crippen LogP contribution >= 0.6 is 11.3 Å². The van der Waals surface area contributed by atoms with E-state index in [2.05, 4.69) is 20.4 Å². The second kappa shape index (κ2) is 7.65. The lowest BCUT2D eigenvalue weighted by atomic mass is 10.3. The Morgan fingerprint density at radius 1 is 1.50 bits per heavy atom. The Morgan fingerprint density at radius 3 is 2.94 bits per heavy atom. The van der Waals surface area contributed by atoms with Crippen molar-refractivity contribution in [2.45, 2.75) is 19.8 Å². The quantitative estimate of drug-likeness (QED) is 0.717. The number of esters is 1. The van der Waals surface area contributed by atoms with E-state index in [-0.39, 0.29) is 18.3 Å². The summed E-state index contributed by atoms with van der Waals surface area (Å²) in [5.74, 6) is -0.300. The molecule has 0 spiro atoms. The van der Waals surface area contributed by atoms with E-state index in [1.54, 1.807) is 5.38 Å². The highest BCUT2D eigenvalue weighted by Gasteiger charge is 2.07. The maximum Gasteiger partial charge on any atom is 0.311 e. The molecule has 0 atom stereocenters. The summed E-state index contributed by atoms with van der Waals surface area (Å²) in [6, 6.07) is 0. The van der Waals surface area contributed by atoms with Gasteiger partial charge in [-0.3, -0.25) is 9.59 Å². The minimum Gasteiger partial charge on any atom is -0.469 e. The third-order valence-corrected chi connectivity index (χ3v) is 2.96. The van der Waals surface area contributed by atoms with Crippen LogP contribution in [0.4, 0.5) is 5.13 Å². The Kier molecular flexibility index (Phi) is 6.13. The van der Waals surface area contributed by atoms with Gasteiger partial charge in [0.15, 0.2) is 5.13 Å². The molecule has 0 bridgehead atoms. The molecule has 1 heterocycles. The summed E-state index contributed by atoms with van der Waals surface area (Å²) in [4.78, 5) is 26.4. The lowest BCUT2D eigenvalue weighted by Crippen LogP contribution is -2.24. The summed E-state index contributed by atoms with van der Waals surface area (Å²) >= 11 is 1.41. The largest absolute Gasteiger partial charge is 0.469 e. The van der Waals surface area contributed by atoms with Crippen LogP contribution in [-0.2, 0) is 20.7 Å². The summed E-state index contributed by atoms with van der Waals surface area (Å²) in [5, 5.41) is 8.26. The van der Waals surface area contributed by atoms with Crippen molar-refractivity contribution in [1.29, 1.82) is 0 Å². The van der Waals surface area contributed by atoms with Gasteiger partial charge in [-0.2, -0.15) is 0 Å². The molecule has 0 aliphatic rings. The standard InChI is InChI=1S/C11H17N3O3S/c1-3-12-9(15)4-5-13-11-14-8(7-18-11)6-10(16)17-2/h7H,3-6H2,1-2H3,(H,12,15)(H,13,14). The molecule has 100 valence electrons. The fourth-order valence-electron chi connectivity index (χ4n) is 1.26. The predicted octanol–water partition coefficient (Wildman–Crippen LogP) is 0.797. The molecule has 0 saturated heterocycles. The highest BCUT2D eigenvalue weighted by atomic mass is 32.1. The summed E-state index contributed by atoms with van der Waals surface area (Å²) in [6.07, 6.45) is 0.574. The fraction of sp³-hybridized carbons (Fsp3) is 0.545. The molecule has 0 aliphatic carbocycles. The van der Waals surface area contributed by atoms with Gasteiger partial charge in [-0.05, 0) is 6.92 Å². The second-order valence-corrected chi connectivity index (χ2v) is 4.39. The van der Waals surface area contributed by atoms with Crippen molar-refractivity contribution in [2.24, 2.45) is 0 Å². The van der Waals surface area contributed by atoms with E-state index in [9.17, 15) is 9.59 Å². The van der Waals surface area contributed by atoms with E-state index in [1.807, 2.05) is 6.92 Å². The van der Waals surface area contributed by atoms with E-state index in [1.165, 1.54) is 18.4 Å². The molecule has 1 amide bonds. The van der Waals surface area contributed by atoms with Crippen LogP contribution in [0.5, 0.6) is 0 Å². The van der Waals surface area contributed by atoms with Gasteiger partial charge in [-0.25, -0.2) is 4.98 Å². The molecule has 1 rings (SSSR count). The van der Waals surface area contributed by atoms with Crippen molar-refractivity contribution >= 4 is 28.3 Å². The molecule has 0 fully saturated rings. The zero-order valence-electron chi connectivity index (χ0n) is 10.5. The zero-order valence-corrected chi connectivity index (χ0v) is 11.3. The lowest BCUT2D eigenvalue weighted by molar-refractivity contribution is -0.139. The van der Waals surface area contributed by atoms with Gasteiger partial charge in [0.2, 0.25) is 5.91 Å². The van der Waals surface area contributed by atoms with Crippen LogP contribution in [0.1, 0.15) is 19.0 Å². The first kappa shape index (κ1) is 14.4. The van der Waals surface area contributed by atoms with Gasteiger partial charge in [-0.15, -0.1) is 11.3 Å². The summed E-state index contributed by atoms with van der Waals surface area (Å²) in [7, 11) is 1.35. The monoisotopic (exact) mass is 271 g/mol. The first-order valence-electron chi connectivity index (χ1n) is 5.67. The fourth-order valence-corrected chi connectivity index (χ4v) is 2.00. The number of aromatic nitrogens is 1. The van der Waals surface area contributed by atoms with Gasteiger partial charge >= 0.3 is 5.97 Å². The number of thiazole rings is 1. The Labute approximate surface area is 110 Å². The van der Waals surface area contributed by atoms with E-state index < -0.39 is 0 Å². The molecule has 0 unspecified atom stereocenters. The third-order valence-electron chi connectivity index (χ3n) is 2.11. The van der Waals surface area contributed by atoms with Crippen molar-refractivity contribution in [3.63, 3.8) is 0 Å². The maximum absolute atomic E-state index is 11.2. The van der Waals surface area contributed by atoms with Crippen LogP contribution in [0.2, 0.25) is 0 Å². The molecule has 0 radical (unpaired) electrons. The molecular formula is C11H17N3O3S. The highest BCUT2D eigenvalue weighted by molar-refractivity contribution is 7.13. The SMILES string of the molecule is CCNC(=O)CCNc1nc(CC(=O)OC)cs1. The first-order valence-corrected chi connectivity index (χ1v) is 6.55. The number of carbonyl (C=O) groups excluding carboxylic acids is 2. The molecule has 0 aliphatic heterocycles. The number of anilines is 1. The minimum atomic E-state index is -0.311. The van der Waals surface area contributed by atoms with Crippen molar-refractivity contribution in [3.8, 4) is 0 Å². The smallest absolute Gasteiger partial charge is 0.311 e. The Hall–Kier alpha value is -1.63. The topological polar surface area (TPSA) is 80.3 Å². The van der Waals surface area contributed by atoms with Gasteiger partial charge in [0.1, 0.15) is 0 Å². The number of rotatable bonds is 7.